The summed E-state index contributed by atoms with van der Waals surface area (Å²) in [6, 6.07) is 3.95. The summed E-state index contributed by atoms with van der Waals surface area (Å²) >= 11 is 1.76. The smallest absolute Gasteiger partial charge is 0.245 e. The summed E-state index contributed by atoms with van der Waals surface area (Å²) in [5.41, 5.74) is 0. The van der Waals surface area contributed by atoms with Crippen molar-refractivity contribution in [2.45, 2.75) is 45.2 Å². The highest BCUT2D eigenvalue weighted by molar-refractivity contribution is 7.11. The highest BCUT2D eigenvalue weighted by atomic mass is 32.1. The second kappa shape index (κ2) is 5.56. The van der Waals surface area contributed by atoms with Crippen LogP contribution in [-0.4, -0.2) is 29.3 Å². The van der Waals surface area contributed by atoms with Crippen LogP contribution in [0.3, 0.4) is 0 Å². The van der Waals surface area contributed by atoms with Crippen LogP contribution in [0.5, 0.6) is 0 Å². The summed E-state index contributed by atoms with van der Waals surface area (Å²) in [5, 5.41) is 2.90. The summed E-state index contributed by atoms with van der Waals surface area (Å²) in [4.78, 5) is 28.7. The molecule has 4 nitrogen and oxygen atoms in total. The maximum absolute atomic E-state index is 12.6. The van der Waals surface area contributed by atoms with Crippen molar-refractivity contribution in [2.24, 2.45) is 5.92 Å². The Morgan fingerprint density at radius 2 is 2.05 bits per heavy atom. The van der Waals surface area contributed by atoms with Gasteiger partial charge in [-0.15, -0.1) is 11.3 Å². The molecule has 1 aliphatic carbocycles. The summed E-state index contributed by atoms with van der Waals surface area (Å²) in [5.74, 6) is 0.476. The Labute approximate surface area is 123 Å². The fourth-order valence-electron chi connectivity index (χ4n) is 2.64. The third kappa shape index (κ3) is 2.87. The number of hydrogen-bond donors (Lipinski definition) is 1. The molecule has 20 heavy (non-hydrogen) atoms. The molecule has 1 saturated heterocycles. The molecule has 1 aromatic heterocycles. The fraction of sp³-hybridized carbons (Fsp3) is 0.600. The molecule has 3 rings (SSSR count). The van der Waals surface area contributed by atoms with E-state index in [0.29, 0.717) is 25.4 Å². The first-order valence-electron chi connectivity index (χ1n) is 7.33. The lowest BCUT2D eigenvalue weighted by atomic mass is 10.1. The highest BCUT2D eigenvalue weighted by Crippen LogP contribution is 2.34. The molecule has 1 unspecified atom stereocenters. The van der Waals surface area contributed by atoms with Gasteiger partial charge in [0.25, 0.3) is 0 Å². The minimum Gasteiger partial charge on any atom is -0.344 e. The first-order chi connectivity index (χ1) is 9.67. The Bertz CT molecular complexity index is 522. The van der Waals surface area contributed by atoms with Gasteiger partial charge in [0.15, 0.2) is 0 Å². The molecule has 2 fully saturated rings. The second-order valence-electron chi connectivity index (χ2n) is 5.61. The SMILES string of the molecule is CCc1ccc(CN2CCC(=O)NC(C3CC3)C2=O)s1. The van der Waals surface area contributed by atoms with Crippen molar-refractivity contribution in [1.29, 1.82) is 0 Å². The minimum absolute atomic E-state index is 0.0122. The Morgan fingerprint density at radius 3 is 2.70 bits per heavy atom. The zero-order valence-corrected chi connectivity index (χ0v) is 12.5. The maximum Gasteiger partial charge on any atom is 0.245 e. The van der Waals surface area contributed by atoms with Gasteiger partial charge in [0.2, 0.25) is 11.8 Å². The molecular weight excluding hydrogens is 272 g/mol. The van der Waals surface area contributed by atoms with Crippen molar-refractivity contribution < 1.29 is 9.59 Å². The van der Waals surface area contributed by atoms with Gasteiger partial charge in [-0.2, -0.15) is 0 Å². The molecule has 2 amide bonds. The zero-order valence-electron chi connectivity index (χ0n) is 11.7. The Kier molecular flexibility index (Phi) is 3.78. The fourth-order valence-corrected chi connectivity index (χ4v) is 3.62. The summed E-state index contributed by atoms with van der Waals surface area (Å²) in [6.45, 7) is 3.31. The van der Waals surface area contributed by atoms with Crippen molar-refractivity contribution in [1.82, 2.24) is 10.2 Å². The lowest BCUT2D eigenvalue weighted by molar-refractivity contribution is -0.134. The normalized spacial score (nSPS) is 23.6. The molecule has 2 aliphatic rings. The molecule has 5 heteroatoms. The van der Waals surface area contributed by atoms with E-state index in [-0.39, 0.29) is 17.9 Å². The average molecular weight is 292 g/mol. The van der Waals surface area contributed by atoms with Crippen LogP contribution in [-0.2, 0) is 22.6 Å². The second-order valence-corrected chi connectivity index (χ2v) is 6.87. The van der Waals surface area contributed by atoms with Crippen LogP contribution in [0.4, 0.5) is 0 Å². The van der Waals surface area contributed by atoms with E-state index in [1.54, 1.807) is 11.3 Å². The van der Waals surface area contributed by atoms with Crippen LogP contribution < -0.4 is 5.32 Å². The molecule has 0 aromatic carbocycles. The van der Waals surface area contributed by atoms with E-state index in [1.165, 1.54) is 9.75 Å². The minimum atomic E-state index is -0.282. The predicted molar refractivity (Wildman–Crippen MR) is 78.4 cm³/mol. The lowest BCUT2D eigenvalue weighted by Gasteiger charge is -2.23. The van der Waals surface area contributed by atoms with Crippen LogP contribution in [0.15, 0.2) is 12.1 Å². The summed E-state index contributed by atoms with van der Waals surface area (Å²) < 4.78 is 0. The van der Waals surface area contributed by atoms with Gasteiger partial charge < -0.3 is 10.2 Å². The van der Waals surface area contributed by atoms with Crippen molar-refractivity contribution in [3.05, 3.63) is 21.9 Å². The lowest BCUT2D eigenvalue weighted by Crippen LogP contribution is -2.45. The monoisotopic (exact) mass is 292 g/mol. The van der Waals surface area contributed by atoms with E-state index in [4.69, 9.17) is 0 Å². The Balaban J connectivity index is 1.73. The average Bonchev–Trinajstić information content (AvgIpc) is 3.20. The van der Waals surface area contributed by atoms with Gasteiger partial charge in [-0.1, -0.05) is 6.92 Å². The van der Waals surface area contributed by atoms with Crippen LogP contribution >= 0.6 is 11.3 Å². The van der Waals surface area contributed by atoms with Crippen LogP contribution in [0, 0.1) is 5.92 Å². The topological polar surface area (TPSA) is 49.4 Å². The Morgan fingerprint density at radius 1 is 1.30 bits per heavy atom. The number of nitrogens with zero attached hydrogens (tertiary/aromatic N) is 1. The molecule has 0 spiro atoms. The molecule has 0 bridgehead atoms. The standard InChI is InChI=1S/C15H20N2O2S/c1-2-11-5-6-12(20-11)9-17-8-7-13(18)16-14(15(17)19)10-3-4-10/h5-6,10,14H,2-4,7-9H2,1H3,(H,16,18). The number of amides is 2. The van der Waals surface area contributed by atoms with E-state index in [9.17, 15) is 9.59 Å². The van der Waals surface area contributed by atoms with Crippen molar-refractivity contribution in [3.63, 3.8) is 0 Å². The van der Waals surface area contributed by atoms with E-state index >= 15 is 0 Å². The first-order valence-corrected chi connectivity index (χ1v) is 8.14. The summed E-state index contributed by atoms with van der Waals surface area (Å²) in [7, 11) is 0. The number of nitrogens with one attached hydrogen (secondary N) is 1. The van der Waals surface area contributed by atoms with Gasteiger partial charge in [-0.3, -0.25) is 9.59 Å². The zero-order chi connectivity index (χ0) is 14.1. The largest absolute Gasteiger partial charge is 0.344 e. The Hall–Kier alpha value is -1.36. The third-order valence-electron chi connectivity index (χ3n) is 4.01. The number of carbonyl (C=O) groups excluding carboxylic acids is 2. The molecule has 108 valence electrons. The van der Waals surface area contributed by atoms with Gasteiger partial charge in [0, 0.05) is 22.7 Å². The van der Waals surface area contributed by atoms with Crippen molar-refractivity contribution in [2.75, 3.05) is 6.54 Å². The molecule has 1 aliphatic heterocycles. The van der Waals surface area contributed by atoms with Gasteiger partial charge in [-0.25, -0.2) is 0 Å². The molecule has 1 atom stereocenters. The number of aryl methyl sites for hydroxylation is 1. The van der Waals surface area contributed by atoms with E-state index < -0.39 is 0 Å². The molecule has 2 heterocycles. The third-order valence-corrected chi connectivity index (χ3v) is 5.22. The number of hydrogen-bond acceptors (Lipinski definition) is 3. The quantitative estimate of drug-likeness (QED) is 0.922. The highest BCUT2D eigenvalue weighted by Gasteiger charge is 2.40. The van der Waals surface area contributed by atoms with Crippen LogP contribution in [0.1, 0.15) is 35.9 Å². The summed E-state index contributed by atoms with van der Waals surface area (Å²) in [6.07, 6.45) is 3.57. The number of rotatable bonds is 4. The van der Waals surface area contributed by atoms with Crippen molar-refractivity contribution in [3.8, 4) is 0 Å². The maximum atomic E-state index is 12.6. The van der Waals surface area contributed by atoms with Gasteiger partial charge in [-0.05, 0) is 37.3 Å². The number of thiophene rings is 1. The van der Waals surface area contributed by atoms with Gasteiger partial charge >= 0.3 is 0 Å². The van der Waals surface area contributed by atoms with Crippen LogP contribution in [0.25, 0.3) is 0 Å². The van der Waals surface area contributed by atoms with Crippen molar-refractivity contribution >= 4 is 23.2 Å². The predicted octanol–water partition coefficient (Wildman–Crippen LogP) is 1.94. The van der Waals surface area contributed by atoms with E-state index in [1.807, 2.05) is 4.90 Å². The van der Waals surface area contributed by atoms with E-state index in [0.717, 1.165) is 19.3 Å². The molecule has 1 N–H and O–H groups in total. The van der Waals surface area contributed by atoms with Gasteiger partial charge in [0.05, 0.1) is 6.54 Å². The van der Waals surface area contributed by atoms with Gasteiger partial charge in [0.1, 0.15) is 6.04 Å². The number of carbonyl (C=O) groups is 2. The molecule has 0 radical (unpaired) electrons. The van der Waals surface area contributed by atoms with E-state index in [2.05, 4.69) is 24.4 Å². The van der Waals surface area contributed by atoms with Crippen LogP contribution in [0.2, 0.25) is 0 Å². The molecule has 1 saturated carbocycles. The molecule has 1 aromatic rings. The molecular formula is C15H20N2O2S. The first kappa shape index (κ1) is 13.6.